The van der Waals surface area contributed by atoms with Crippen molar-refractivity contribution in [3.8, 4) is 0 Å². The van der Waals surface area contributed by atoms with Gasteiger partial charge in [0.25, 0.3) is 0 Å². The molecule has 0 saturated carbocycles. The molecular formula is C10H19F3N2O2. The van der Waals surface area contributed by atoms with Gasteiger partial charge in [-0.05, 0) is 21.0 Å². The molecule has 1 N–H and O–H groups in total. The van der Waals surface area contributed by atoms with Gasteiger partial charge in [-0.25, -0.2) is 0 Å². The molecule has 7 heteroatoms. The van der Waals surface area contributed by atoms with Crippen LogP contribution in [-0.2, 0) is 9.53 Å². The van der Waals surface area contributed by atoms with Crippen molar-refractivity contribution in [3.05, 3.63) is 0 Å². The van der Waals surface area contributed by atoms with Crippen molar-refractivity contribution < 1.29 is 22.7 Å². The lowest BCUT2D eigenvalue weighted by molar-refractivity contribution is -0.146. The molecule has 0 radical (unpaired) electrons. The van der Waals surface area contributed by atoms with Crippen molar-refractivity contribution in [1.82, 2.24) is 10.2 Å². The van der Waals surface area contributed by atoms with Crippen molar-refractivity contribution >= 4 is 5.97 Å². The summed E-state index contributed by atoms with van der Waals surface area (Å²) in [7, 11) is 3.11. The van der Waals surface area contributed by atoms with Gasteiger partial charge in [-0.1, -0.05) is 0 Å². The summed E-state index contributed by atoms with van der Waals surface area (Å²) >= 11 is 0. The summed E-state index contributed by atoms with van der Waals surface area (Å²) in [6, 6.07) is -0.604. The minimum atomic E-state index is -4.17. The third kappa shape index (κ3) is 7.98. The average Bonchev–Trinajstić information content (AvgIpc) is 2.22. The van der Waals surface area contributed by atoms with E-state index in [1.807, 2.05) is 0 Å². The number of halogens is 3. The van der Waals surface area contributed by atoms with Crippen LogP contribution < -0.4 is 5.32 Å². The highest BCUT2D eigenvalue weighted by molar-refractivity contribution is 5.76. The molecule has 0 aliphatic carbocycles. The van der Waals surface area contributed by atoms with E-state index in [0.29, 0.717) is 0 Å². The number of nitrogens with zero attached hydrogens (tertiary/aromatic N) is 1. The lowest BCUT2D eigenvalue weighted by Crippen LogP contribution is -2.45. The van der Waals surface area contributed by atoms with Gasteiger partial charge in [0.15, 0.2) is 0 Å². The largest absolute Gasteiger partial charge is 0.465 e. The van der Waals surface area contributed by atoms with E-state index in [4.69, 9.17) is 4.74 Å². The van der Waals surface area contributed by atoms with Crippen LogP contribution in [0.3, 0.4) is 0 Å². The van der Waals surface area contributed by atoms with E-state index < -0.39 is 24.6 Å². The fourth-order valence-corrected chi connectivity index (χ4v) is 1.25. The number of rotatable bonds is 7. The van der Waals surface area contributed by atoms with Gasteiger partial charge in [0.05, 0.1) is 13.0 Å². The van der Waals surface area contributed by atoms with Gasteiger partial charge >= 0.3 is 12.1 Å². The molecule has 0 bridgehead atoms. The number of nitrogens with one attached hydrogen (secondary N) is 1. The van der Waals surface area contributed by atoms with Gasteiger partial charge in [-0.2, -0.15) is 13.2 Å². The second-order valence-corrected chi connectivity index (χ2v) is 3.72. The van der Waals surface area contributed by atoms with Crippen LogP contribution in [0, 0.1) is 0 Å². The highest BCUT2D eigenvalue weighted by atomic mass is 19.4. The molecule has 0 rings (SSSR count). The maximum Gasteiger partial charge on any atom is 0.390 e. The van der Waals surface area contributed by atoms with Gasteiger partial charge in [-0.15, -0.1) is 0 Å². The molecular weight excluding hydrogens is 237 g/mol. The molecule has 0 aromatic rings. The average molecular weight is 256 g/mol. The van der Waals surface area contributed by atoms with Crippen molar-refractivity contribution in [1.29, 1.82) is 0 Å². The Kier molecular flexibility index (Phi) is 7.13. The smallest absolute Gasteiger partial charge is 0.390 e. The van der Waals surface area contributed by atoms with E-state index in [9.17, 15) is 18.0 Å². The lowest BCUT2D eigenvalue weighted by atomic mass is 10.2. The Labute approximate surface area is 99.1 Å². The third-order valence-corrected chi connectivity index (χ3v) is 2.19. The van der Waals surface area contributed by atoms with Crippen molar-refractivity contribution in [2.45, 2.75) is 25.6 Å². The third-order valence-electron chi connectivity index (χ3n) is 2.19. The summed E-state index contributed by atoms with van der Waals surface area (Å²) in [6.07, 6.45) is -5.06. The molecule has 0 saturated heterocycles. The molecule has 1 unspecified atom stereocenters. The molecule has 0 aliphatic heterocycles. The summed E-state index contributed by atoms with van der Waals surface area (Å²) in [6.45, 7) is 1.98. The summed E-state index contributed by atoms with van der Waals surface area (Å²) < 4.78 is 40.7. The zero-order valence-electron chi connectivity index (χ0n) is 10.3. The maximum absolute atomic E-state index is 12.0. The first kappa shape index (κ1) is 16.2. The predicted molar refractivity (Wildman–Crippen MR) is 57.6 cm³/mol. The van der Waals surface area contributed by atoms with E-state index in [2.05, 4.69) is 5.32 Å². The van der Waals surface area contributed by atoms with E-state index in [-0.39, 0.29) is 19.7 Å². The molecule has 102 valence electrons. The molecule has 17 heavy (non-hydrogen) atoms. The number of hydrogen-bond donors (Lipinski definition) is 1. The van der Waals surface area contributed by atoms with E-state index in [0.717, 1.165) is 0 Å². The van der Waals surface area contributed by atoms with Gasteiger partial charge in [0.1, 0.15) is 6.04 Å². The fourth-order valence-electron chi connectivity index (χ4n) is 1.25. The van der Waals surface area contributed by atoms with Crippen molar-refractivity contribution in [2.24, 2.45) is 0 Å². The zero-order chi connectivity index (χ0) is 13.5. The Balaban J connectivity index is 4.06. The van der Waals surface area contributed by atoms with Crippen LogP contribution in [-0.4, -0.2) is 56.9 Å². The van der Waals surface area contributed by atoms with Crippen LogP contribution in [0.2, 0.25) is 0 Å². The number of esters is 1. The molecule has 0 amide bonds. The van der Waals surface area contributed by atoms with E-state index >= 15 is 0 Å². The Morgan fingerprint density at radius 1 is 1.47 bits per heavy atom. The molecule has 0 heterocycles. The Morgan fingerprint density at radius 2 is 2.06 bits per heavy atom. The van der Waals surface area contributed by atoms with Crippen LogP contribution in [0.5, 0.6) is 0 Å². The van der Waals surface area contributed by atoms with Crippen molar-refractivity contribution in [3.63, 3.8) is 0 Å². The van der Waals surface area contributed by atoms with Gasteiger partial charge in [0.2, 0.25) is 0 Å². The minimum Gasteiger partial charge on any atom is -0.465 e. The summed E-state index contributed by atoms with van der Waals surface area (Å²) in [5.74, 6) is -0.450. The molecule has 0 aromatic carbocycles. The van der Waals surface area contributed by atoms with Crippen LogP contribution >= 0.6 is 0 Å². The first-order valence-electron chi connectivity index (χ1n) is 5.39. The quantitative estimate of drug-likeness (QED) is 0.691. The molecule has 1 atom stereocenters. The first-order chi connectivity index (χ1) is 7.80. The van der Waals surface area contributed by atoms with Crippen LogP contribution in [0.1, 0.15) is 13.3 Å². The van der Waals surface area contributed by atoms with E-state index in [1.165, 1.54) is 11.9 Å². The van der Waals surface area contributed by atoms with Crippen LogP contribution in [0.25, 0.3) is 0 Å². The number of hydrogen-bond acceptors (Lipinski definition) is 4. The maximum atomic E-state index is 12.0. The summed E-state index contributed by atoms with van der Waals surface area (Å²) in [4.78, 5) is 12.8. The lowest BCUT2D eigenvalue weighted by Gasteiger charge is -2.22. The number of ether oxygens (including phenoxy) is 1. The van der Waals surface area contributed by atoms with Gasteiger partial charge < -0.3 is 15.0 Å². The molecule has 0 aliphatic rings. The highest BCUT2D eigenvalue weighted by Gasteiger charge is 2.28. The molecule has 0 spiro atoms. The van der Waals surface area contributed by atoms with Crippen LogP contribution in [0.15, 0.2) is 0 Å². The van der Waals surface area contributed by atoms with Crippen molar-refractivity contribution in [2.75, 3.05) is 33.8 Å². The van der Waals surface area contributed by atoms with Crippen LogP contribution in [0.4, 0.5) is 13.2 Å². The Bertz CT molecular complexity index is 234. The number of likely N-dealkylation sites (N-methyl/N-ethyl adjacent to an activating group) is 2. The topological polar surface area (TPSA) is 41.6 Å². The first-order valence-corrected chi connectivity index (χ1v) is 5.39. The summed E-state index contributed by atoms with van der Waals surface area (Å²) in [5, 5.41) is 2.72. The van der Waals surface area contributed by atoms with E-state index in [1.54, 1.807) is 14.0 Å². The second kappa shape index (κ2) is 7.50. The molecule has 4 nitrogen and oxygen atoms in total. The monoisotopic (exact) mass is 256 g/mol. The fraction of sp³-hybridized carbons (Fsp3) is 0.900. The number of carbonyl (C=O) groups is 1. The number of carbonyl (C=O) groups excluding carboxylic acids is 1. The molecule has 0 aromatic heterocycles. The van der Waals surface area contributed by atoms with Gasteiger partial charge in [-0.3, -0.25) is 4.79 Å². The second-order valence-electron chi connectivity index (χ2n) is 3.72. The predicted octanol–water partition coefficient (Wildman–Crippen LogP) is 1.02. The normalized spacial score (nSPS) is 13.8. The minimum absolute atomic E-state index is 0.138. The number of alkyl halides is 3. The standard InChI is InChI=1S/C10H19F3N2O2/c1-4-17-9(16)8(14-2)7-15(3)6-5-10(11,12)13/h8,14H,4-7H2,1-3H3. The highest BCUT2D eigenvalue weighted by Crippen LogP contribution is 2.19. The SMILES string of the molecule is CCOC(=O)C(CN(C)CCC(F)(F)F)NC. The zero-order valence-corrected chi connectivity index (χ0v) is 10.3. The Morgan fingerprint density at radius 3 is 2.47 bits per heavy atom. The summed E-state index contributed by atoms with van der Waals surface area (Å²) in [5.41, 5.74) is 0. The Hall–Kier alpha value is -0.820. The van der Waals surface area contributed by atoms with Gasteiger partial charge in [0, 0.05) is 13.1 Å². The molecule has 0 fully saturated rings.